The summed E-state index contributed by atoms with van der Waals surface area (Å²) in [6.45, 7) is 7.72. The summed E-state index contributed by atoms with van der Waals surface area (Å²) >= 11 is 0. The normalized spacial score (nSPS) is 15.8. The topological polar surface area (TPSA) is 37.3 Å². The molecule has 0 radical (unpaired) electrons. The first kappa shape index (κ1) is 15.1. The van der Waals surface area contributed by atoms with Crippen molar-refractivity contribution in [1.82, 2.24) is 0 Å². The summed E-state index contributed by atoms with van der Waals surface area (Å²) in [5.74, 6) is 0. The van der Waals surface area contributed by atoms with Crippen LogP contribution >= 0.6 is 0 Å². The Hall–Kier alpha value is -0.930. The van der Waals surface area contributed by atoms with E-state index in [0.717, 1.165) is 10.5 Å². The summed E-state index contributed by atoms with van der Waals surface area (Å²) in [4.78, 5) is 0.786. The molecule has 1 unspecified atom stereocenters. The van der Waals surface area contributed by atoms with E-state index in [2.05, 4.69) is 0 Å². The Labute approximate surface area is 112 Å². The molecule has 0 aliphatic rings. The van der Waals surface area contributed by atoms with Gasteiger partial charge in [0.05, 0.1) is 22.2 Å². The number of benzene rings is 1. The zero-order valence-electron chi connectivity index (χ0n) is 11.5. The smallest absolute Gasteiger partial charge is 0.0685 e. The number of hydrogen-bond donors (Lipinski definition) is 1. The maximum atomic E-state index is 12.4. The van der Waals surface area contributed by atoms with Crippen molar-refractivity contribution in [2.45, 2.75) is 50.4 Å². The molecule has 1 aromatic rings. The van der Waals surface area contributed by atoms with Crippen LogP contribution in [0.2, 0.25) is 0 Å². The predicted octanol–water partition coefficient (Wildman–Crippen LogP) is 3.21. The van der Waals surface area contributed by atoms with Gasteiger partial charge < -0.3 is 5.11 Å². The second kappa shape index (κ2) is 6.86. The highest BCUT2D eigenvalue weighted by atomic mass is 32.2. The molecule has 0 spiro atoms. The number of hydrogen-bond acceptors (Lipinski definition) is 2. The highest BCUT2D eigenvalue weighted by Crippen LogP contribution is 2.18. The van der Waals surface area contributed by atoms with E-state index < -0.39 is 16.9 Å². The van der Waals surface area contributed by atoms with Gasteiger partial charge in [0.2, 0.25) is 0 Å². The molecule has 0 fully saturated rings. The van der Waals surface area contributed by atoms with Gasteiger partial charge in [0, 0.05) is 4.90 Å². The number of rotatable bonds is 5. The highest BCUT2D eigenvalue weighted by Gasteiger charge is 2.22. The molecule has 0 aromatic heterocycles. The molecule has 18 heavy (non-hydrogen) atoms. The summed E-state index contributed by atoms with van der Waals surface area (Å²) in [6.07, 6.45) is 2.09. The van der Waals surface area contributed by atoms with E-state index in [1.165, 1.54) is 5.57 Å². The van der Waals surface area contributed by atoms with Gasteiger partial charge in [0.1, 0.15) is 0 Å². The minimum atomic E-state index is -1.17. The molecule has 1 N–H and O–H groups in total. The molecule has 3 atom stereocenters. The van der Waals surface area contributed by atoms with Gasteiger partial charge in [0.15, 0.2) is 0 Å². The van der Waals surface area contributed by atoms with E-state index in [0.29, 0.717) is 6.42 Å². The van der Waals surface area contributed by atoms with Crippen molar-refractivity contribution in [3.63, 3.8) is 0 Å². The number of aliphatic hydroxyl groups excluding tert-OH is 1. The average molecular weight is 266 g/mol. The maximum absolute atomic E-state index is 12.4. The van der Waals surface area contributed by atoms with Gasteiger partial charge in [-0.3, -0.25) is 4.21 Å². The van der Waals surface area contributed by atoms with Crippen LogP contribution in [0.15, 0.2) is 40.8 Å². The van der Waals surface area contributed by atoms with Crippen molar-refractivity contribution in [2.24, 2.45) is 0 Å². The van der Waals surface area contributed by atoms with Gasteiger partial charge in [-0.25, -0.2) is 0 Å². The molecule has 1 rings (SSSR count). The molecule has 100 valence electrons. The summed E-state index contributed by atoms with van der Waals surface area (Å²) in [6, 6.07) is 7.66. The standard InChI is InChI=1S/C15H22O2S/c1-11(2)5-10-15(13(4)16)18(17)14-8-6-12(3)7-9-14/h5-9,13,15-16H,10H2,1-4H3/t13-,15+,18?/m1/s1. The van der Waals surface area contributed by atoms with Crippen LogP contribution in [-0.2, 0) is 10.8 Å². The SMILES string of the molecule is CC(C)=CC[C@@H]([C@@H](C)O)S(=O)c1ccc(C)cc1. The van der Waals surface area contributed by atoms with Crippen LogP contribution in [0.3, 0.4) is 0 Å². The third-order valence-electron chi connectivity index (χ3n) is 2.82. The summed E-state index contributed by atoms with van der Waals surface area (Å²) in [5, 5.41) is 9.54. The van der Waals surface area contributed by atoms with E-state index in [4.69, 9.17) is 0 Å². The van der Waals surface area contributed by atoms with Crippen molar-refractivity contribution in [3.05, 3.63) is 41.5 Å². The van der Waals surface area contributed by atoms with E-state index in [-0.39, 0.29) is 5.25 Å². The van der Waals surface area contributed by atoms with Gasteiger partial charge in [-0.2, -0.15) is 0 Å². The number of aryl methyl sites for hydroxylation is 1. The van der Waals surface area contributed by atoms with Gasteiger partial charge in [0.25, 0.3) is 0 Å². The Morgan fingerprint density at radius 3 is 2.33 bits per heavy atom. The van der Waals surface area contributed by atoms with Crippen molar-refractivity contribution in [2.75, 3.05) is 0 Å². The van der Waals surface area contributed by atoms with Gasteiger partial charge in [-0.1, -0.05) is 29.3 Å². The van der Waals surface area contributed by atoms with Crippen molar-refractivity contribution < 1.29 is 9.32 Å². The van der Waals surface area contributed by atoms with Crippen molar-refractivity contribution in [1.29, 1.82) is 0 Å². The van der Waals surface area contributed by atoms with E-state index in [9.17, 15) is 9.32 Å². The van der Waals surface area contributed by atoms with Crippen LogP contribution < -0.4 is 0 Å². The molecule has 0 aliphatic heterocycles. The lowest BCUT2D eigenvalue weighted by Gasteiger charge is -2.18. The van der Waals surface area contributed by atoms with Crippen LogP contribution in [0.5, 0.6) is 0 Å². The molecular formula is C15H22O2S. The molecule has 1 aromatic carbocycles. The number of allylic oxidation sites excluding steroid dienone is 2. The molecule has 0 aliphatic carbocycles. The lowest BCUT2D eigenvalue weighted by atomic mass is 10.1. The first-order valence-electron chi connectivity index (χ1n) is 6.20. The zero-order chi connectivity index (χ0) is 13.7. The summed E-state index contributed by atoms with van der Waals surface area (Å²) in [5.41, 5.74) is 2.33. The first-order valence-corrected chi connectivity index (χ1v) is 7.41. The zero-order valence-corrected chi connectivity index (χ0v) is 12.3. The first-order chi connectivity index (χ1) is 8.41. The third kappa shape index (κ3) is 4.39. The van der Waals surface area contributed by atoms with E-state index >= 15 is 0 Å². The minimum absolute atomic E-state index is 0.248. The van der Waals surface area contributed by atoms with Crippen LogP contribution in [0.4, 0.5) is 0 Å². The second-order valence-corrected chi connectivity index (χ2v) is 6.58. The van der Waals surface area contributed by atoms with Crippen LogP contribution in [0.25, 0.3) is 0 Å². The molecule has 2 nitrogen and oxygen atoms in total. The molecule has 0 saturated heterocycles. The van der Waals surface area contributed by atoms with Gasteiger partial charge in [-0.15, -0.1) is 0 Å². The third-order valence-corrected chi connectivity index (χ3v) is 4.70. The molecule has 0 heterocycles. The lowest BCUT2D eigenvalue weighted by Crippen LogP contribution is -2.27. The fourth-order valence-corrected chi connectivity index (χ4v) is 3.04. The summed E-state index contributed by atoms with van der Waals surface area (Å²) in [7, 11) is -1.17. The van der Waals surface area contributed by atoms with E-state index in [1.807, 2.05) is 51.1 Å². The summed E-state index contributed by atoms with van der Waals surface area (Å²) < 4.78 is 12.4. The minimum Gasteiger partial charge on any atom is -0.392 e. The number of aliphatic hydroxyl groups is 1. The average Bonchev–Trinajstić information content (AvgIpc) is 2.29. The maximum Gasteiger partial charge on any atom is 0.0685 e. The molecule has 0 bridgehead atoms. The molecule has 0 amide bonds. The van der Waals surface area contributed by atoms with Crippen LogP contribution in [-0.4, -0.2) is 20.7 Å². The Kier molecular flexibility index (Phi) is 5.76. The van der Waals surface area contributed by atoms with Gasteiger partial charge >= 0.3 is 0 Å². The monoisotopic (exact) mass is 266 g/mol. The fraction of sp³-hybridized carbons (Fsp3) is 0.467. The van der Waals surface area contributed by atoms with Crippen molar-refractivity contribution >= 4 is 10.8 Å². The molecule has 3 heteroatoms. The molecular weight excluding hydrogens is 244 g/mol. The highest BCUT2D eigenvalue weighted by molar-refractivity contribution is 7.85. The Morgan fingerprint density at radius 1 is 1.33 bits per heavy atom. The quantitative estimate of drug-likeness (QED) is 0.831. The Morgan fingerprint density at radius 2 is 1.89 bits per heavy atom. The van der Waals surface area contributed by atoms with Crippen LogP contribution in [0, 0.1) is 6.92 Å². The predicted molar refractivity (Wildman–Crippen MR) is 77.1 cm³/mol. The van der Waals surface area contributed by atoms with Crippen LogP contribution in [0.1, 0.15) is 32.8 Å². The second-order valence-electron chi connectivity index (χ2n) is 4.91. The largest absolute Gasteiger partial charge is 0.392 e. The Balaban J connectivity index is 2.89. The molecule has 0 saturated carbocycles. The lowest BCUT2D eigenvalue weighted by molar-refractivity contribution is 0.190. The van der Waals surface area contributed by atoms with Gasteiger partial charge in [-0.05, 0) is 46.2 Å². The van der Waals surface area contributed by atoms with E-state index in [1.54, 1.807) is 6.92 Å². The Bertz CT molecular complexity index is 428. The van der Waals surface area contributed by atoms with Crippen molar-refractivity contribution in [3.8, 4) is 0 Å². The fourth-order valence-electron chi connectivity index (χ4n) is 1.66.